The predicted octanol–water partition coefficient (Wildman–Crippen LogP) is 2.37. The number of nitrogens with zero attached hydrogens (tertiary/aromatic N) is 1. The van der Waals surface area contributed by atoms with Crippen molar-refractivity contribution in [1.29, 1.82) is 0 Å². The van der Waals surface area contributed by atoms with Gasteiger partial charge in [-0.1, -0.05) is 0 Å². The maximum absolute atomic E-state index is 11.9. The summed E-state index contributed by atoms with van der Waals surface area (Å²) in [7, 11) is 0. The molecule has 0 spiro atoms. The molecule has 1 aliphatic heterocycles. The molecule has 1 aliphatic rings. The van der Waals surface area contributed by atoms with Crippen molar-refractivity contribution in [3.8, 4) is 0 Å². The van der Waals surface area contributed by atoms with Gasteiger partial charge in [0, 0.05) is 19.1 Å². The van der Waals surface area contributed by atoms with Gasteiger partial charge in [-0.2, -0.15) is 0 Å². The van der Waals surface area contributed by atoms with Crippen LogP contribution in [0, 0.1) is 5.92 Å². The van der Waals surface area contributed by atoms with Crippen LogP contribution in [0.3, 0.4) is 0 Å². The largest absolute Gasteiger partial charge is 0.444 e. The molecule has 0 bridgehead atoms. The number of hydrogen-bond acceptors (Lipinski definition) is 3. The minimum absolute atomic E-state index is 0.188. The lowest BCUT2D eigenvalue weighted by atomic mass is 9.92. The number of nitrogens with two attached hydrogens (primary N) is 1. The Morgan fingerprint density at radius 1 is 1.53 bits per heavy atom. The van der Waals surface area contributed by atoms with E-state index in [1.54, 1.807) is 0 Å². The van der Waals surface area contributed by atoms with E-state index < -0.39 is 5.60 Å². The van der Waals surface area contributed by atoms with E-state index in [0.717, 1.165) is 25.9 Å². The Labute approximate surface area is 104 Å². The average molecular weight is 242 g/mol. The monoisotopic (exact) mass is 242 g/mol. The molecule has 1 heterocycles. The van der Waals surface area contributed by atoms with Crippen LogP contribution in [0.1, 0.15) is 47.0 Å². The van der Waals surface area contributed by atoms with Gasteiger partial charge in [0.05, 0.1) is 0 Å². The lowest BCUT2D eigenvalue weighted by Crippen LogP contribution is -2.43. The van der Waals surface area contributed by atoms with Crippen LogP contribution in [0.25, 0.3) is 0 Å². The van der Waals surface area contributed by atoms with E-state index in [-0.39, 0.29) is 12.1 Å². The molecule has 100 valence electrons. The molecule has 2 N–H and O–H groups in total. The smallest absolute Gasteiger partial charge is 0.410 e. The summed E-state index contributed by atoms with van der Waals surface area (Å²) in [5.74, 6) is 0.524. The third-order valence-corrected chi connectivity index (χ3v) is 2.88. The van der Waals surface area contributed by atoms with Crippen LogP contribution in [0.5, 0.6) is 0 Å². The fraction of sp³-hybridized carbons (Fsp3) is 0.923. The van der Waals surface area contributed by atoms with Gasteiger partial charge in [-0.15, -0.1) is 0 Å². The third-order valence-electron chi connectivity index (χ3n) is 2.88. The first-order valence-corrected chi connectivity index (χ1v) is 6.51. The van der Waals surface area contributed by atoms with E-state index in [4.69, 9.17) is 10.5 Å². The van der Waals surface area contributed by atoms with Crippen LogP contribution in [0.4, 0.5) is 4.79 Å². The normalized spacial score (nSPS) is 23.4. The minimum atomic E-state index is -0.412. The van der Waals surface area contributed by atoms with Gasteiger partial charge in [0.2, 0.25) is 0 Å². The number of amides is 1. The quantitative estimate of drug-likeness (QED) is 0.808. The van der Waals surface area contributed by atoms with E-state index in [2.05, 4.69) is 0 Å². The van der Waals surface area contributed by atoms with Gasteiger partial charge in [-0.05, 0) is 52.9 Å². The fourth-order valence-corrected chi connectivity index (χ4v) is 2.28. The summed E-state index contributed by atoms with van der Waals surface area (Å²) < 4.78 is 5.39. The summed E-state index contributed by atoms with van der Waals surface area (Å²) in [5.41, 5.74) is 5.40. The molecule has 1 saturated heterocycles. The molecule has 0 radical (unpaired) electrons. The standard InChI is InChI=1S/C13H26N2O2/c1-10(14)8-11-6-5-7-15(9-11)12(16)17-13(2,3)4/h10-11H,5-9,14H2,1-4H3/t10-,11?/m1/s1. The highest BCUT2D eigenvalue weighted by Gasteiger charge is 2.27. The van der Waals surface area contributed by atoms with Crippen molar-refractivity contribution in [2.75, 3.05) is 13.1 Å². The van der Waals surface area contributed by atoms with Crippen LogP contribution >= 0.6 is 0 Å². The van der Waals surface area contributed by atoms with E-state index in [1.807, 2.05) is 32.6 Å². The molecular weight excluding hydrogens is 216 g/mol. The molecule has 0 saturated carbocycles. The van der Waals surface area contributed by atoms with Crippen molar-refractivity contribution in [1.82, 2.24) is 4.90 Å². The van der Waals surface area contributed by atoms with Crippen molar-refractivity contribution in [2.24, 2.45) is 11.7 Å². The van der Waals surface area contributed by atoms with Crippen LogP contribution in [-0.4, -0.2) is 35.7 Å². The first-order chi connectivity index (χ1) is 7.78. The highest BCUT2D eigenvalue weighted by Crippen LogP contribution is 2.22. The van der Waals surface area contributed by atoms with Gasteiger partial charge in [-0.25, -0.2) is 4.79 Å². The molecule has 1 unspecified atom stereocenters. The van der Waals surface area contributed by atoms with Crippen molar-refractivity contribution in [3.05, 3.63) is 0 Å². The van der Waals surface area contributed by atoms with Gasteiger partial charge in [0.25, 0.3) is 0 Å². The lowest BCUT2D eigenvalue weighted by Gasteiger charge is -2.34. The first kappa shape index (κ1) is 14.3. The maximum Gasteiger partial charge on any atom is 0.410 e. The Kier molecular flexibility index (Phi) is 4.80. The summed E-state index contributed by atoms with van der Waals surface area (Å²) in [5, 5.41) is 0. The Hall–Kier alpha value is -0.770. The van der Waals surface area contributed by atoms with Gasteiger partial charge < -0.3 is 15.4 Å². The molecule has 4 nitrogen and oxygen atoms in total. The van der Waals surface area contributed by atoms with Gasteiger partial charge in [-0.3, -0.25) is 0 Å². The summed E-state index contributed by atoms with van der Waals surface area (Å²) in [4.78, 5) is 13.7. The molecule has 4 heteroatoms. The Bertz CT molecular complexity index is 259. The second kappa shape index (κ2) is 5.71. The Balaban J connectivity index is 2.46. The number of ether oxygens (including phenoxy) is 1. The molecule has 0 aliphatic carbocycles. The third kappa shape index (κ3) is 5.39. The van der Waals surface area contributed by atoms with Crippen LogP contribution in [-0.2, 0) is 4.74 Å². The van der Waals surface area contributed by atoms with E-state index in [9.17, 15) is 4.79 Å². The highest BCUT2D eigenvalue weighted by atomic mass is 16.6. The second-order valence-corrected chi connectivity index (χ2v) is 6.15. The minimum Gasteiger partial charge on any atom is -0.444 e. The van der Waals surface area contributed by atoms with Gasteiger partial charge >= 0.3 is 6.09 Å². The fourth-order valence-electron chi connectivity index (χ4n) is 2.28. The van der Waals surface area contributed by atoms with Gasteiger partial charge in [0.1, 0.15) is 5.60 Å². The molecule has 17 heavy (non-hydrogen) atoms. The average Bonchev–Trinajstić information content (AvgIpc) is 2.14. The molecule has 1 fully saturated rings. The number of hydrogen-bond donors (Lipinski definition) is 1. The predicted molar refractivity (Wildman–Crippen MR) is 68.8 cm³/mol. The number of carbonyl (C=O) groups is 1. The number of piperidine rings is 1. The van der Waals surface area contributed by atoms with Crippen molar-refractivity contribution in [2.45, 2.75) is 58.6 Å². The zero-order valence-corrected chi connectivity index (χ0v) is 11.5. The molecule has 0 aromatic rings. The molecule has 1 amide bonds. The van der Waals surface area contributed by atoms with Crippen LogP contribution in [0.2, 0.25) is 0 Å². The van der Waals surface area contributed by atoms with E-state index in [0.29, 0.717) is 5.92 Å². The summed E-state index contributed by atoms with van der Waals surface area (Å²) in [6.07, 6.45) is 3.02. The molecule has 0 aromatic heterocycles. The topological polar surface area (TPSA) is 55.6 Å². The highest BCUT2D eigenvalue weighted by molar-refractivity contribution is 5.68. The Morgan fingerprint density at radius 3 is 2.71 bits per heavy atom. The summed E-state index contributed by atoms with van der Waals surface area (Å²) in [6, 6.07) is 0.207. The number of carbonyl (C=O) groups excluding carboxylic acids is 1. The van der Waals surface area contributed by atoms with Crippen LogP contribution in [0.15, 0.2) is 0 Å². The van der Waals surface area contributed by atoms with Crippen LogP contribution < -0.4 is 5.73 Å². The van der Waals surface area contributed by atoms with Crippen molar-refractivity contribution >= 4 is 6.09 Å². The second-order valence-electron chi connectivity index (χ2n) is 6.15. The molecule has 2 atom stereocenters. The first-order valence-electron chi connectivity index (χ1n) is 6.51. The van der Waals surface area contributed by atoms with Gasteiger partial charge in [0.15, 0.2) is 0 Å². The number of rotatable bonds is 2. The Morgan fingerprint density at radius 2 is 2.18 bits per heavy atom. The van der Waals surface area contributed by atoms with E-state index >= 15 is 0 Å². The zero-order valence-electron chi connectivity index (χ0n) is 11.5. The van der Waals surface area contributed by atoms with E-state index in [1.165, 1.54) is 6.42 Å². The number of likely N-dealkylation sites (tertiary alicyclic amines) is 1. The van der Waals surface area contributed by atoms with Crippen molar-refractivity contribution in [3.63, 3.8) is 0 Å². The maximum atomic E-state index is 11.9. The molecule has 1 rings (SSSR count). The summed E-state index contributed by atoms with van der Waals surface area (Å²) >= 11 is 0. The molecular formula is C13H26N2O2. The zero-order chi connectivity index (χ0) is 13.1. The lowest BCUT2D eigenvalue weighted by molar-refractivity contribution is 0.0159. The van der Waals surface area contributed by atoms with Crippen molar-refractivity contribution < 1.29 is 9.53 Å². The summed E-state index contributed by atoms with van der Waals surface area (Å²) in [6.45, 7) is 9.31. The molecule has 0 aromatic carbocycles. The SMILES string of the molecule is C[C@@H](N)CC1CCCN(C(=O)OC(C)(C)C)C1.